The average Bonchev–Trinajstić information content (AvgIpc) is 3.11. The van der Waals surface area contributed by atoms with Gasteiger partial charge < -0.3 is 14.5 Å². The van der Waals surface area contributed by atoms with Crippen LogP contribution in [-0.4, -0.2) is 50.1 Å². The van der Waals surface area contributed by atoms with E-state index in [9.17, 15) is 4.79 Å². The fourth-order valence-corrected chi connectivity index (χ4v) is 1.70. The molecular weight excluding hydrogens is 230 g/mol. The number of carbonyl (C=O) groups is 1. The van der Waals surface area contributed by atoms with Gasteiger partial charge in [0.05, 0.1) is 6.10 Å². The highest BCUT2D eigenvalue weighted by Gasteiger charge is 2.27. The van der Waals surface area contributed by atoms with Gasteiger partial charge in [-0.05, 0) is 12.8 Å². The van der Waals surface area contributed by atoms with Gasteiger partial charge in [-0.15, -0.1) is 0 Å². The van der Waals surface area contributed by atoms with Gasteiger partial charge >= 0.3 is 0 Å². The molecular formula is C13H19N3O2. The van der Waals surface area contributed by atoms with E-state index in [0.29, 0.717) is 11.8 Å². The maximum absolute atomic E-state index is 12.1. The number of hydrogen-bond acceptors (Lipinski definition) is 4. The summed E-state index contributed by atoms with van der Waals surface area (Å²) in [4.78, 5) is 19.7. The normalized spacial score (nSPS) is 14.2. The molecule has 0 radical (unpaired) electrons. The molecule has 0 aromatic carbocycles. The highest BCUT2D eigenvalue weighted by molar-refractivity contribution is 5.98. The van der Waals surface area contributed by atoms with Gasteiger partial charge in [-0.3, -0.25) is 4.79 Å². The Kier molecular flexibility index (Phi) is 3.41. The van der Waals surface area contributed by atoms with E-state index < -0.39 is 0 Å². The molecule has 1 saturated carbocycles. The number of anilines is 1. The molecule has 5 nitrogen and oxygen atoms in total. The lowest BCUT2D eigenvalue weighted by atomic mass is 10.2. The summed E-state index contributed by atoms with van der Waals surface area (Å²) in [6.45, 7) is 0. The number of nitrogens with zero attached hydrogens (tertiary/aromatic N) is 3. The Morgan fingerprint density at radius 3 is 2.50 bits per heavy atom. The van der Waals surface area contributed by atoms with Crippen molar-refractivity contribution in [1.82, 2.24) is 9.88 Å². The van der Waals surface area contributed by atoms with E-state index >= 15 is 0 Å². The first-order valence-corrected chi connectivity index (χ1v) is 6.05. The predicted octanol–water partition coefficient (Wildman–Crippen LogP) is 1.39. The first kappa shape index (κ1) is 12.7. The van der Waals surface area contributed by atoms with Crippen LogP contribution in [0.5, 0.6) is 5.75 Å². The lowest BCUT2D eigenvalue weighted by Crippen LogP contribution is -2.26. The molecule has 2 rings (SSSR count). The molecule has 1 aliphatic rings. The minimum atomic E-state index is -0.111. The molecule has 0 bridgehead atoms. The van der Waals surface area contributed by atoms with Crippen molar-refractivity contribution in [2.24, 2.45) is 0 Å². The largest absolute Gasteiger partial charge is 0.488 e. The molecule has 1 aromatic heterocycles. The lowest BCUT2D eigenvalue weighted by molar-refractivity contribution is 0.0822. The van der Waals surface area contributed by atoms with Crippen molar-refractivity contribution in [1.29, 1.82) is 0 Å². The smallest absolute Gasteiger partial charge is 0.274 e. The topological polar surface area (TPSA) is 45.7 Å². The van der Waals surface area contributed by atoms with Crippen LogP contribution < -0.4 is 9.64 Å². The molecule has 0 saturated heterocycles. The van der Waals surface area contributed by atoms with E-state index in [2.05, 4.69) is 4.98 Å². The number of hydrogen-bond donors (Lipinski definition) is 0. The fourth-order valence-electron chi connectivity index (χ4n) is 1.70. The van der Waals surface area contributed by atoms with Crippen molar-refractivity contribution in [3.8, 4) is 5.75 Å². The summed E-state index contributed by atoms with van der Waals surface area (Å²) in [6, 6.07) is 1.82. The Morgan fingerprint density at radius 1 is 1.33 bits per heavy atom. The Morgan fingerprint density at radius 2 is 2.00 bits per heavy atom. The summed E-state index contributed by atoms with van der Waals surface area (Å²) in [7, 11) is 7.22. The molecule has 98 valence electrons. The summed E-state index contributed by atoms with van der Waals surface area (Å²) < 4.78 is 5.84. The predicted molar refractivity (Wildman–Crippen MR) is 70.2 cm³/mol. The molecule has 18 heavy (non-hydrogen) atoms. The van der Waals surface area contributed by atoms with Crippen LogP contribution in [0, 0.1) is 0 Å². The third-order valence-corrected chi connectivity index (χ3v) is 2.76. The molecule has 1 aromatic rings. The summed E-state index contributed by atoms with van der Waals surface area (Å²) in [5, 5.41) is 0. The van der Waals surface area contributed by atoms with Gasteiger partial charge in [0.15, 0.2) is 5.69 Å². The second-order valence-electron chi connectivity index (χ2n) is 4.92. The van der Waals surface area contributed by atoms with Crippen molar-refractivity contribution in [2.45, 2.75) is 18.9 Å². The van der Waals surface area contributed by atoms with Crippen molar-refractivity contribution in [2.75, 3.05) is 33.1 Å². The Balaban J connectivity index is 2.41. The Labute approximate surface area is 107 Å². The van der Waals surface area contributed by atoms with Gasteiger partial charge in [-0.1, -0.05) is 0 Å². The van der Waals surface area contributed by atoms with Gasteiger partial charge in [-0.25, -0.2) is 4.98 Å². The van der Waals surface area contributed by atoms with Crippen LogP contribution in [0.4, 0.5) is 5.69 Å². The first-order chi connectivity index (χ1) is 8.50. The first-order valence-electron chi connectivity index (χ1n) is 6.05. The number of rotatable bonds is 4. The molecule has 1 fully saturated rings. The van der Waals surface area contributed by atoms with Crippen LogP contribution in [0.15, 0.2) is 12.3 Å². The van der Waals surface area contributed by atoms with Gasteiger partial charge in [0.2, 0.25) is 0 Å². The van der Waals surface area contributed by atoms with Crippen LogP contribution in [0.25, 0.3) is 0 Å². The molecule has 5 heteroatoms. The second-order valence-corrected chi connectivity index (χ2v) is 4.92. The maximum Gasteiger partial charge on any atom is 0.274 e. The van der Waals surface area contributed by atoms with E-state index in [1.807, 2.05) is 25.1 Å². The zero-order chi connectivity index (χ0) is 13.3. The molecule has 1 aliphatic carbocycles. The van der Waals surface area contributed by atoms with Crippen molar-refractivity contribution in [3.05, 3.63) is 18.0 Å². The number of ether oxygens (including phenoxy) is 1. The molecule has 0 spiro atoms. The van der Waals surface area contributed by atoms with Crippen LogP contribution in [0.1, 0.15) is 23.3 Å². The van der Waals surface area contributed by atoms with Crippen molar-refractivity contribution >= 4 is 11.6 Å². The van der Waals surface area contributed by atoms with E-state index in [1.54, 1.807) is 20.3 Å². The summed E-state index contributed by atoms with van der Waals surface area (Å²) in [5.74, 6) is 0.627. The van der Waals surface area contributed by atoms with Crippen molar-refractivity contribution in [3.63, 3.8) is 0 Å². The Bertz CT molecular complexity index is 454. The summed E-state index contributed by atoms with van der Waals surface area (Å²) in [6.07, 6.45) is 4.10. The van der Waals surface area contributed by atoms with E-state index in [-0.39, 0.29) is 5.91 Å². The number of pyridine rings is 1. The molecule has 0 aliphatic heterocycles. The molecule has 0 unspecified atom stereocenters. The standard InChI is InChI=1S/C13H19N3O2/c1-15(2)12-10(18-9-5-6-9)7-8-14-11(12)13(17)16(3)4/h7-9H,5-6H2,1-4H3. The summed E-state index contributed by atoms with van der Waals surface area (Å²) >= 11 is 0. The van der Waals surface area contributed by atoms with Gasteiger partial charge in [0.25, 0.3) is 5.91 Å². The summed E-state index contributed by atoms with van der Waals surface area (Å²) in [5.41, 5.74) is 1.19. The van der Waals surface area contributed by atoms with Gasteiger partial charge in [-0.2, -0.15) is 0 Å². The fraction of sp³-hybridized carbons (Fsp3) is 0.538. The highest BCUT2D eigenvalue weighted by atomic mass is 16.5. The number of amides is 1. The van der Waals surface area contributed by atoms with E-state index in [1.165, 1.54) is 4.90 Å². The number of aromatic nitrogens is 1. The lowest BCUT2D eigenvalue weighted by Gasteiger charge is -2.21. The third-order valence-electron chi connectivity index (χ3n) is 2.76. The molecule has 0 N–H and O–H groups in total. The molecule has 1 heterocycles. The van der Waals surface area contributed by atoms with Crippen LogP contribution in [0.3, 0.4) is 0 Å². The third kappa shape index (κ3) is 2.55. The zero-order valence-corrected chi connectivity index (χ0v) is 11.3. The van der Waals surface area contributed by atoms with Gasteiger partial charge in [0.1, 0.15) is 11.4 Å². The van der Waals surface area contributed by atoms with Crippen LogP contribution >= 0.6 is 0 Å². The maximum atomic E-state index is 12.1. The highest BCUT2D eigenvalue weighted by Crippen LogP contribution is 2.35. The number of carbonyl (C=O) groups excluding carboxylic acids is 1. The van der Waals surface area contributed by atoms with E-state index in [4.69, 9.17) is 4.74 Å². The Hall–Kier alpha value is -1.78. The minimum absolute atomic E-state index is 0.111. The monoisotopic (exact) mass is 249 g/mol. The quantitative estimate of drug-likeness (QED) is 0.809. The van der Waals surface area contributed by atoms with Crippen LogP contribution in [0.2, 0.25) is 0 Å². The van der Waals surface area contributed by atoms with Crippen molar-refractivity contribution < 1.29 is 9.53 Å². The second kappa shape index (κ2) is 4.84. The zero-order valence-electron chi connectivity index (χ0n) is 11.3. The molecule has 0 atom stereocenters. The van der Waals surface area contributed by atoms with E-state index in [0.717, 1.165) is 24.3 Å². The van der Waals surface area contributed by atoms with Crippen LogP contribution in [-0.2, 0) is 0 Å². The van der Waals surface area contributed by atoms with Gasteiger partial charge in [0, 0.05) is 40.5 Å². The minimum Gasteiger partial charge on any atom is -0.488 e. The molecule has 1 amide bonds. The SMILES string of the molecule is CN(C)C(=O)c1nccc(OC2CC2)c1N(C)C. The average molecular weight is 249 g/mol.